The predicted octanol–water partition coefficient (Wildman–Crippen LogP) is 4.32. The fourth-order valence-electron chi connectivity index (χ4n) is 3.43. The van der Waals surface area contributed by atoms with Crippen LogP contribution in [0.5, 0.6) is 5.75 Å². The summed E-state index contributed by atoms with van der Waals surface area (Å²) in [6, 6.07) is 14.5. The van der Waals surface area contributed by atoms with Gasteiger partial charge in [-0.2, -0.15) is 0 Å². The maximum Gasteiger partial charge on any atom is 0.309 e. The van der Waals surface area contributed by atoms with Crippen LogP contribution in [0.3, 0.4) is 0 Å². The highest BCUT2D eigenvalue weighted by atomic mass is 16.6. The monoisotopic (exact) mass is 355 g/mol. The van der Waals surface area contributed by atoms with Gasteiger partial charge in [-0.1, -0.05) is 63.1 Å². The Labute approximate surface area is 155 Å². The molecule has 1 aliphatic carbocycles. The Morgan fingerprint density at radius 2 is 1.85 bits per heavy atom. The van der Waals surface area contributed by atoms with E-state index in [0.717, 1.165) is 42.2 Å². The molecule has 1 saturated carbocycles. The Morgan fingerprint density at radius 3 is 2.62 bits per heavy atom. The molecule has 3 rings (SSSR count). The lowest BCUT2D eigenvalue weighted by atomic mass is 10.1. The molecule has 0 aliphatic heterocycles. The van der Waals surface area contributed by atoms with Crippen LogP contribution in [0.1, 0.15) is 39.5 Å². The maximum absolute atomic E-state index is 12.4. The first-order valence-electron chi connectivity index (χ1n) is 9.68. The van der Waals surface area contributed by atoms with Crippen LogP contribution in [-0.4, -0.2) is 31.3 Å². The van der Waals surface area contributed by atoms with Crippen molar-refractivity contribution in [1.82, 2.24) is 5.32 Å². The van der Waals surface area contributed by atoms with Gasteiger partial charge in [0.25, 0.3) is 0 Å². The second-order valence-electron chi connectivity index (χ2n) is 7.39. The van der Waals surface area contributed by atoms with Crippen molar-refractivity contribution < 1.29 is 14.3 Å². The minimum atomic E-state index is -0.288. The van der Waals surface area contributed by atoms with Crippen molar-refractivity contribution >= 4 is 16.7 Å². The number of ether oxygens (including phenoxy) is 2. The molecule has 4 nitrogen and oxygen atoms in total. The molecule has 1 fully saturated rings. The van der Waals surface area contributed by atoms with Gasteiger partial charge in [0.15, 0.2) is 0 Å². The number of hydrogen-bond acceptors (Lipinski definition) is 4. The van der Waals surface area contributed by atoms with Crippen LogP contribution < -0.4 is 10.1 Å². The van der Waals surface area contributed by atoms with Crippen LogP contribution in [0, 0.1) is 5.92 Å². The van der Waals surface area contributed by atoms with E-state index >= 15 is 0 Å². The predicted molar refractivity (Wildman–Crippen MR) is 104 cm³/mol. The molecule has 0 radical (unpaired) electrons. The number of carbonyl (C=O) groups excluding carboxylic acids is 1. The number of carbonyl (C=O) groups is 1. The first kappa shape index (κ1) is 18.7. The van der Waals surface area contributed by atoms with Gasteiger partial charge in [0.05, 0.1) is 5.92 Å². The van der Waals surface area contributed by atoms with Gasteiger partial charge in [-0.3, -0.25) is 4.79 Å². The van der Waals surface area contributed by atoms with Crippen molar-refractivity contribution in [2.75, 3.05) is 13.2 Å². The quantitative estimate of drug-likeness (QED) is 0.717. The van der Waals surface area contributed by atoms with E-state index in [1.165, 1.54) is 0 Å². The van der Waals surface area contributed by atoms with Gasteiger partial charge in [0.1, 0.15) is 18.5 Å². The Bertz CT molecular complexity index is 717. The molecule has 26 heavy (non-hydrogen) atoms. The zero-order valence-corrected chi connectivity index (χ0v) is 15.7. The molecule has 0 heterocycles. The highest BCUT2D eigenvalue weighted by Gasteiger charge is 2.27. The average molecular weight is 355 g/mol. The molecule has 0 aromatic heterocycles. The number of benzene rings is 2. The number of fused-ring (bicyclic) bond motifs is 1. The summed E-state index contributed by atoms with van der Waals surface area (Å²) in [7, 11) is 0. The Hall–Kier alpha value is -2.07. The maximum atomic E-state index is 12.4. The fourth-order valence-corrected chi connectivity index (χ4v) is 3.43. The molecule has 0 amide bonds. The van der Waals surface area contributed by atoms with Gasteiger partial charge in [0.2, 0.25) is 0 Å². The molecular formula is C22H29NO3. The summed E-state index contributed by atoms with van der Waals surface area (Å²) in [5.74, 6) is 0.822. The third kappa shape index (κ3) is 4.98. The molecule has 0 bridgehead atoms. The summed E-state index contributed by atoms with van der Waals surface area (Å²) in [5.41, 5.74) is 0. The Kier molecular flexibility index (Phi) is 6.51. The van der Waals surface area contributed by atoms with Crippen LogP contribution in [0.4, 0.5) is 0 Å². The van der Waals surface area contributed by atoms with Crippen molar-refractivity contribution in [3.05, 3.63) is 42.5 Å². The molecule has 2 aromatic carbocycles. The van der Waals surface area contributed by atoms with Gasteiger partial charge >= 0.3 is 5.97 Å². The molecule has 140 valence electrons. The van der Waals surface area contributed by atoms with E-state index in [4.69, 9.17) is 9.47 Å². The minimum absolute atomic E-state index is 0.0640. The zero-order valence-electron chi connectivity index (χ0n) is 15.7. The topological polar surface area (TPSA) is 47.6 Å². The molecular weight excluding hydrogens is 326 g/mol. The Morgan fingerprint density at radius 1 is 1.12 bits per heavy atom. The number of nitrogens with one attached hydrogen (secondary N) is 1. The van der Waals surface area contributed by atoms with E-state index in [-0.39, 0.29) is 18.0 Å². The second kappa shape index (κ2) is 9.04. The van der Waals surface area contributed by atoms with Gasteiger partial charge in [-0.25, -0.2) is 0 Å². The van der Waals surface area contributed by atoms with Crippen molar-refractivity contribution in [2.24, 2.45) is 5.92 Å². The molecule has 1 aliphatic rings. The SMILES string of the molecule is CC(C)NCC(COc1cccc2ccccc12)OC(=O)C1CCCC1. The van der Waals surface area contributed by atoms with Gasteiger partial charge < -0.3 is 14.8 Å². The summed E-state index contributed by atoms with van der Waals surface area (Å²) < 4.78 is 11.9. The Balaban J connectivity index is 1.65. The summed E-state index contributed by atoms with van der Waals surface area (Å²) in [5, 5.41) is 5.58. The lowest BCUT2D eigenvalue weighted by Gasteiger charge is -2.22. The van der Waals surface area contributed by atoms with Crippen molar-refractivity contribution in [3.8, 4) is 5.75 Å². The summed E-state index contributed by atoms with van der Waals surface area (Å²) in [6.07, 6.45) is 3.87. The van der Waals surface area contributed by atoms with Crippen molar-refractivity contribution in [3.63, 3.8) is 0 Å². The molecule has 4 heteroatoms. The van der Waals surface area contributed by atoms with E-state index < -0.39 is 0 Å². The van der Waals surface area contributed by atoms with Crippen LogP contribution in [-0.2, 0) is 9.53 Å². The fraction of sp³-hybridized carbons (Fsp3) is 0.500. The van der Waals surface area contributed by atoms with Crippen LogP contribution >= 0.6 is 0 Å². The normalized spacial score (nSPS) is 16.1. The molecule has 2 aromatic rings. The lowest BCUT2D eigenvalue weighted by molar-refractivity contribution is -0.155. The number of esters is 1. The lowest BCUT2D eigenvalue weighted by Crippen LogP contribution is -2.39. The largest absolute Gasteiger partial charge is 0.489 e. The van der Waals surface area contributed by atoms with Crippen LogP contribution in [0.15, 0.2) is 42.5 Å². The molecule has 1 atom stereocenters. The summed E-state index contributed by atoms with van der Waals surface area (Å²) >= 11 is 0. The average Bonchev–Trinajstić information content (AvgIpc) is 3.18. The third-order valence-corrected chi connectivity index (χ3v) is 4.90. The van der Waals surface area contributed by atoms with Crippen LogP contribution in [0.25, 0.3) is 10.8 Å². The van der Waals surface area contributed by atoms with E-state index in [1.807, 2.05) is 24.3 Å². The van der Waals surface area contributed by atoms with E-state index in [0.29, 0.717) is 19.2 Å². The van der Waals surface area contributed by atoms with Crippen molar-refractivity contribution in [2.45, 2.75) is 51.7 Å². The van der Waals surface area contributed by atoms with Gasteiger partial charge in [0, 0.05) is 18.0 Å². The highest BCUT2D eigenvalue weighted by Crippen LogP contribution is 2.27. The first-order chi connectivity index (χ1) is 12.6. The third-order valence-electron chi connectivity index (χ3n) is 4.90. The number of hydrogen-bond donors (Lipinski definition) is 1. The first-order valence-corrected chi connectivity index (χ1v) is 9.68. The second-order valence-corrected chi connectivity index (χ2v) is 7.39. The number of rotatable bonds is 8. The van der Waals surface area contributed by atoms with Gasteiger partial charge in [-0.15, -0.1) is 0 Å². The van der Waals surface area contributed by atoms with Crippen molar-refractivity contribution in [1.29, 1.82) is 0 Å². The highest BCUT2D eigenvalue weighted by molar-refractivity contribution is 5.88. The van der Waals surface area contributed by atoms with Gasteiger partial charge in [-0.05, 0) is 24.3 Å². The van der Waals surface area contributed by atoms with Crippen LogP contribution in [0.2, 0.25) is 0 Å². The minimum Gasteiger partial charge on any atom is -0.489 e. The smallest absolute Gasteiger partial charge is 0.309 e. The van der Waals surface area contributed by atoms with E-state index in [2.05, 4.69) is 37.4 Å². The summed E-state index contributed by atoms with van der Waals surface area (Å²) in [4.78, 5) is 12.4. The van der Waals surface area contributed by atoms with E-state index in [1.54, 1.807) is 0 Å². The molecule has 1 N–H and O–H groups in total. The van der Waals surface area contributed by atoms with E-state index in [9.17, 15) is 4.79 Å². The molecule has 0 saturated heterocycles. The molecule has 0 spiro atoms. The summed E-state index contributed by atoms with van der Waals surface area (Å²) in [6.45, 7) is 5.12. The zero-order chi connectivity index (χ0) is 18.4. The standard InChI is InChI=1S/C22H29NO3/c1-16(2)23-14-19(26-22(24)18-9-3-4-10-18)15-25-21-13-7-11-17-8-5-6-12-20(17)21/h5-8,11-13,16,18-19,23H,3-4,9-10,14-15H2,1-2H3. The molecule has 1 unspecified atom stereocenters.